The number of carbonyl (C=O) groups is 2. The van der Waals surface area contributed by atoms with Gasteiger partial charge in [0.25, 0.3) is 0 Å². The number of benzene rings is 2. The van der Waals surface area contributed by atoms with Crippen LogP contribution in [0.1, 0.15) is 6.92 Å². The Balaban J connectivity index is 1.80. The molecule has 0 bridgehead atoms. The van der Waals surface area contributed by atoms with Crippen molar-refractivity contribution in [1.29, 1.82) is 0 Å². The maximum Gasteiger partial charge on any atom is 0.250 e. The minimum absolute atomic E-state index is 0.311. The fraction of sp³-hybridized carbons (Fsp3) is 0.222. The van der Waals surface area contributed by atoms with Gasteiger partial charge in [0.2, 0.25) is 11.8 Å². The van der Waals surface area contributed by atoms with Crippen LogP contribution < -0.4 is 15.5 Å². The van der Waals surface area contributed by atoms with Crippen molar-refractivity contribution in [2.45, 2.75) is 16.6 Å². The van der Waals surface area contributed by atoms with E-state index in [2.05, 4.69) is 10.6 Å². The number of rotatable bonds is 3. The van der Waals surface area contributed by atoms with Gasteiger partial charge in [-0.2, -0.15) is 0 Å². The highest BCUT2D eigenvalue weighted by molar-refractivity contribution is 8.02. The highest BCUT2D eigenvalue weighted by Gasteiger charge is 2.45. The topological polar surface area (TPSA) is 61.4 Å². The number of para-hydroxylation sites is 1. The molecule has 1 unspecified atom stereocenters. The molecule has 1 heterocycles. The van der Waals surface area contributed by atoms with Crippen LogP contribution in [0.4, 0.5) is 17.1 Å². The molecule has 2 amide bonds. The molecule has 6 heteroatoms. The van der Waals surface area contributed by atoms with Crippen LogP contribution in [0.25, 0.3) is 0 Å². The van der Waals surface area contributed by atoms with Gasteiger partial charge in [0.15, 0.2) is 4.75 Å². The van der Waals surface area contributed by atoms with Gasteiger partial charge in [-0.05, 0) is 43.3 Å². The van der Waals surface area contributed by atoms with E-state index >= 15 is 0 Å². The Bertz CT molecular complexity index is 789. The first-order valence-electron chi connectivity index (χ1n) is 7.58. The van der Waals surface area contributed by atoms with Gasteiger partial charge in [-0.15, -0.1) is 0 Å². The first-order valence-corrected chi connectivity index (χ1v) is 8.40. The van der Waals surface area contributed by atoms with Crippen molar-refractivity contribution in [3.63, 3.8) is 0 Å². The van der Waals surface area contributed by atoms with Gasteiger partial charge < -0.3 is 15.5 Å². The third kappa shape index (κ3) is 2.97. The molecule has 2 aromatic carbocycles. The van der Waals surface area contributed by atoms with Gasteiger partial charge in [0.1, 0.15) is 0 Å². The van der Waals surface area contributed by atoms with Crippen LogP contribution in [0.5, 0.6) is 0 Å². The smallest absolute Gasteiger partial charge is 0.250 e. The SMILES string of the molecule is CN(C)c1ccc(NC(=O)C2(C)Sc3ccccc3NC2=O)cc1. The number of carbonyl (C=O) groups excluding carboxylic acids is 2. The normalized spacial score (nSPS) is 19.2. The van der Waals surface area contributed by atoms with Gasteiger partial charge >= 0.3 is 0 Å². The number of nitrogens with one attached hydrogen (secondary N) is 2. The molecule has 0 spiro atoms. The molecule has 0 aromatic heterocycles. The van der Waals surface area contributed by atoms with Crippen molar-refractivity contribution in [3.8, 4) is 0 Å². The second-order valence-corrected chi connectivity index (χ2v) is 7.44. The number of anilines is 3. The summed E-state index contributed by atoms with van der Waals surface area (Å²) in [6.07, 6.45) is 0. The van der Waals surface area contributed by atoms with E-state index in [4.69, 9.17) is 0 Å². The van der Waals surface area contributed by atoms with Crippen molar-refractivity contribution in [2.75, 3.05) is 29.6 Å². The standard InChI is InChI=1S/C18H19N3O2S/c1-18(17(23)20-14-6-4-5-7-15(14)24-18)16(22)19-12-8-10-13(11-9-12)21(2)3/h4-11H,1-3H3,(H,19,22)(H,20,23). The summed E-state index contributed by atoms with van der Waals surface area (Å²) in [6.45, 7) is 1.65. The predicted octanol–water partition coefficient (Wildman–Crippen LogP) is 3.19. The number of nitrogens with zero attached hydrogens (tertiary/aromatic N) is 1. The highest BCUT2D eigenvalue weighted by atomic mass is 32.2. The van der Waals surface area contributed by atoms with E-state index in [-0.39, 0.29) is 11.8 Å². The zero-order valence-corrected chi connectivity index (χ0v) is 14.6. The number of hydrogen-bond donors (Lipinski definition) is 2. The van der Waals surface area contributed by atoms with Crippen LogP contribution in [0.2, 0.25) is 0 Å². The molecule has 124 valence electrons. The zero-order chi connectivity index (χ0) is 17.3. The third-order valence-corrected chi connectivity index (χ3v) is 5.31. The Morgan fingerprint density at radius 3 is 2.46 bits per heavy atom. The van der Waals surface area contributed by atoms with Gasteiger partial charge in [-0.25, -0.2) is 0 Å². The molecule has 24 heavy (non-hydrogen) atoms. The molecule has 2 N–H and O–H groups in total. The monoisotopic (exact) mass is 341 g/mol. The van der Waals surface area contributed by atoms with E-state index in [0.29, 0.717) is 5.69 Å². The van der Waals surface area contributed by atoms with E-state index in [1.165, 1.54) is 11.8 Å². The van der Waals surface area contributed by atoms with E-state index in [1.807, 2.05) is 67.5 Å². The quantitative estimate of drug-likeness (QED) is 0.842. The van der Waals surface area contributed by atoms with E-state index in [0.717, 1.165) is 16.3 Å². The molecular weight excluding hydrogens is 322 g/mol. The van der Waals surface area contributed by atoms with Crippen molar-refractivity contribution in [1.82, 2.24) is 0 Å². The molecule has 1 atom stereocenters. The summed E-state index contributed by atoms with van der Waals surface area (Å²) in [5.41, 5.74) is 2.45. The minimum Gasteiger partial charge on any atom is -0.378 e. The van der Waals surface area contributed by atoms with Crippen molar-refractivity contribution in [3.05, 3.63) is 48.5 Å². The fourth-order valence-electron chi connectivity index (χ4n) is 2.41. The number of thioether (sulfide) groups is 1. The molecule has 1 aliphatic rings. The van der Waals surface area contributed by atoms with Gasteiger partial charge in [-0.1, -0.05) is 23.9 Å². The molecule has 0 saturated carbocycles. The second kappa shape index (κ2) is 6.20. The van der Waals surface area contributed by atoms with Gasteiger partial charge in [0, 0.05) is 30.4 Å². The van der Waals surface area contributed by atoms with Crippen molar-refractivity contribution in [2.24, 2.45) is 0 Å². The Morgan fingerprint density at radius 2 is 1.79 bits per heavy atom. The van der Waals surface area contributed by atoms with Crippen LogP contribution in [-0.2, 0) is 9.59 Å². The van der Waals surface area contributed by atoms with Gasteiger partial charge in [0.05, 0.1) is 5.69 Å². The molecule has 0 radical (unpaired) electrons. The summed E-state index contributed by atoms with van der Waals surface area (Å²) < 4.78 is -1.21. The summed E-state index contributed by atoms with van der Waals surface area (Å²) in [5.74, 6) is -0.647. The van der Waals surface area contributed by atoms with E-state index in [9.17, 15) is 9.59 Å². The lowest BCUT2D eigenvalue weighted by atomic mass is 10.1. The summed E-state index contributed by atoms with van der Waals surface area (Å²) in [5, 5.41) is 5.65. The lowest BCUT2D eigenvalue weighted by molar-refractivity contribution is -0.126. The van der Waals surface area contributed by atoms with E-state index in [1.54, 1.807) is 6.92 Å². The summed E-state index contributed by atoms with van der Waals surface area (Å²) >= 11 is 1.27. The minimum atomic E-state index is -1.21. The molecule has 3 rings (SSSR count). The Kier molecular flexibility index (Phi) is 4.24. The first-order chi connectivity index (χ1) is 11.4. The van der Waals surface area contributed by atoms with Crippen molar-refractivity contribution >= 4 is 40.6 Å². The largest absolute Gasteiger partial charge is 0.378 e. The molecule has 2 aromatic rings. The van der Waals surface area contributed by atoms with Gasteiger partial charge in [-0.3, -0.25) is 9.59 Å². The lowest BCUT2D eigenvalue weighted by Crippen LogP contribution is -2.49. The molecule has 1 aliphatic heterocycles. The highest BCUT2D eigenvalue weighted by Crippen LogP contribution is 2.42. The molecule has 5 nitrogen and oxygen atoms in total. The number of fused-ring (bicyclic) bond motifs is 1. The van der Waals surface area contributed by atoms with Crippen LogP contribution in [-0.4, -0.2) is 30.7 Å². The maximum absolute atomic E-state index is 12.7. The van der Waals surface area contributed by atoms with Crippen LogP contribution in [0, 0.1) is 0 Å². The van der Waals surface area contributed by atoms with Crippen LogP contribution in [0.15, 0.2) is 53.4 Å². The summed E-state index contributed by atoms with van der Waals surface area (Å²) in [4.78, 5) is 28.0. The molecule has 0 fully saturated rings. The van der Waals surface area contributed by atoms with Crippen LogP contribution in [0.3, 0.4) is 0 Å². The fourth-order valence-corrected chi connectivity index (χ4v) is 3.51. The van der Waals surface area contributed by atoms with E-state index < -0.39 is 4.75 Å². The second-order valence-electron chi connectivity index (χ2n) is 5.98. The average Bonchev–Trinajstić information content (AvgIpc) is 2.56. The summed E-state index contributed by atoms with van der Waals surface area (Å²) in [6, 6.07) is 15.0. The lowest BCUT2D eigenvalue weighted by Gasteiger charge is -2.31. The average molecular weight is 341 g/mol. The molecule has 0 aliphatic carbocycles. The maximum atomic E-state index is 12.7. The molecular formula is C18H19N3O2S. The zero-order valence-electron chi connectivity index (χ0n) is 13.8. The predicted molar refractivity (Wildman–Crippen MR) is 98.7 cm³/mol. The Labute approximate surface area is 145 Å². The summed E-state index contributed by atoms with van der Waals surface area (Å²) in [7, 11) is 3.91. The third-order valence-electron chi connectivity index (χ3n) is 3.96. The number of amides is 2. The van der Waals surface area contributed by atoms with Crippen LogP contribution >= 0.6 is 11.8 Å². The molecule has 0 saturated heterocycles. The Morgan fingerprint density at radius 1 is 1.12 bits per heavy atom. The first kappa shape index (κ1) is 16.4. The Hall–Kier alpha value is -2.47. The number of hydrogen-bond acceptors (Lipinski definition) is 4. The van der Waals surface area contributed by atoms with Crippen molar-refractivity contribution < 1.29 is 9.59 Å².